The van der Waals surface area contributed by atoms with Crippen LogP contribution in [-0.4, -0.2) is 5.78 Å². The molecule has 0 spiro atoms. The van der Waals surface area contributed by atoms with Gasteiger partial charge in [0.25, 0.3) is 0 Å². The van der Waals surface area contributed by atoms with Gasteiger partial charge in [-0.1, -0.05) is 33.6 Å². The predicted octanol–water partition coefficient (Wildman–Crippen LogP) is 4.30. The molecule has 0 heterocycles. The van der Waals surface area contributed by atoms with Crippen molar-refractivity contribution < 1.29 is 4.79 Å². The number of hydrogen-bond donors (Lipinski definition) is 0. The molecular formula is C13H15BrO. The summed E-state index contributed by atoms with van der Waals surface area (Å²) in [5, 5.41) is 0. The molecule has 0 aromatic heterocycles. The van der Waals surface area contributed by atoms with E-state index in [-0.39, 0.29) is 5.78 Å². The van der Waals surface area contributed by atoms with E-state index in [0.29, 0.717) is 6.42 Å². The first kappa shape index (κ1) is 12.2. The standard InChI is InChI=1S/C13H15BrO/c1-9(2)7-8-13(15)11-5-4-6-12(14)10(11)3/h4-6H,1,7-8H2,2-3H3. The maximum absolute atomic E-state index is 11.9. The van der Waals surface area contributed by atoms with Crippen molar-refractivity contribution in [2.24, 2.45) is 0 Å². The third-order valence-corrected chi connectivity index (χ3v) is 3.21. The Morgan fingerprint density at radius 3 is 2.67 bits per heavy atom. The van der Waals surface area contributed by atoms with Crippen molar-refractivity contribution in [3.63, 3.8) is 0 Å². The highest BCUT2D eigenvalue weighted by Gasteiger charge is 2.10. The molecule has 1 rings (SSSR count). The number of halogens is 1. The summed E-state index contributed by atoms with van der Waals surface area (Å²) in [6, 6.07) is 5.72. The zero-order valence-electron chi connectivity index (χ0n) is 9.14. The van der Waals surface area contributed by atoms with Gasteiger partial charge in [0.15, 0.2) is 5.78 Å². The van der Waals surface area contributed by atoms with E-state index >= 15 is 0 Å². The van der Waals surface area contributed by atoms with Gasteiger partial charge in [-0.15, -0.1) is 6.58 Å². The molecule has 0 atom stereocenters. The molecule has 0 N–H and O–H groups in total. The molecule has 80 valence electrons. The Labute approximate surface area is 99.3 Å². The molecule has 1 nitrogen and oxygen atoms in total. The molecule has 15 heavy (non-hydrogen) atoms. The van der Waals surface area contributed by atoms with Gasteiger partial charge >= 0.3 is 0 Å². The van der Waals surface area contributed by atoms with Crippen LogP contribution < -0.4 is 0 Å². The summed E-state index contributed by atoms with van der Waals surface area (Å²) in [5.41, 5.74) is 2.88. The average molecular weight is 267 g/mol. The molecule has 0 amide bonds. The molecule has 0 aliphatic carbocycles. The van der Waals surface area contributed by atoms with Gasteiger partial charge in [-0.2, -0.15) is 0 Å². The quantitative estimate of drug-likeness (QED) is 0.587. The van der Waals surface area contributed by atoms with Crippen LogP contribution in [0.5, 0.6) is 0 Å². The largest absolute Gasteiger partial charge is 0.294 e. The molecule has 0 unspecified atom stereocenters. The van der Waals surface area contributed by atoms with Crippen molar-refractivity contribution in [1.82, 2.24) is 0 Å². The summed E-state index contributed by atoms with van der Waals surface area (Å²) in [6.07, 6.45) is 1.32. The third kappa shape index (κ3) is 3.31. The molecule has 0 saturated carbocycles. The number of carbonyl (C=O) groups is 1. The lowest BCUT2D eigenvalue weighted by Crippen LogP contribution is -2.02. The van der Waals surface area contributed by atoms with Crippen LogP contribution in [0.15, 0.2) is 34.8 Å². The maximum Gasteiger partial charge on any atom is 0.163 e. The number of carbonyl (C=O) groups excluding carboxylic acids is 1. The summed E-state index contributed by atoms with van der Waals surface area (Å²) in [5.74, 6) is 0.191. The lowest BCUT2D eigenvalue weighted by molar-refractivity contribution is 0.0982. The summed E-state index contributed by atoms with van der Waals surface area (Å²) < 4.78 is 0.990. The van der Waals surface area contributed by atoms with Crippen LogP contribution in [0.25, 0.3) is 0 Å². The zero-order valence-corrected chi connectivity index (χ0v) is 10.7. The average Bonchev–Trinajstić information content (AvgIpc) is 2.18. The summed E-state index contributed by atoms with van der Waals surface area (Å²) in [6.45, 7) is 7.70. The monoisotopic (exact) mass is 266 g/mol. The van der Waals surface area contributed by atoms with Gasteiger partial charge in [-0.05, 0) is 31.9 Å². The Balaban J connectivity index is 2.82. The van der Waals surface area contributed by atoms with Crippen molar-refractivity contribution in [2.75, 3.05) is 0 Å². The minimum absolute atomic E-state index is 0.191. The van der Waals surface area contributed by atoms with E-state index in [1.807, 2.05) is 32.0 Å². The molecule has 0 fully saturated rings. The molecule has 0 radical (unpaired) electrons. The van der Waals surface area contributed by atoms with E-state index in [9.17, 15) is 4.79 Å². The first-order chi connectivity index (χ1) is 7.02. The lowest BCUT2D eigenvalue weighted by atomic mass is 10.0. The first-order valence-corrected chi connectivity index (χ1v) is 5.74. The topological polar surface area (TPSA) is 17.1 Å². The molecule has 1 aromatic rings. The summed E-state index contributed by atoms with van der Waals surface area (Å²) >= 11 is 3.42. The molecule has 0 aliphatic heterocycles. The molecule has 1 aromatic carbocycles. The van der Waals surface area contributed by atoms with Gasteiger partial charge < -0.3 is 0 Å². The first-order valence-electron chi connectivity index (χ1n) is 4.95. The van der Waals surface area contributed by atoms with Crippen molar-refractivity contribution in [1.29, 1.82) is 0 Å². The zero-order chi connectivity index (χ0) is 11.4. The van der Waals surface area contributed by atoms with Gasteiger partial charge in [-0.25, -0.2) is 0 Å². The van der Waals surface area contributed by atoms with Gasteiger partial charge in [-0.3, -0.25) is 4.79 Å². The minimum Gasteiger partial charge on any atom is -0.294 e. The van der Waals surface area contributed by atoms with Gasteiger partial charge in [0.1, 0.15) is 0 Å². The second kappa shape index (κ2) is 5.26. The van der Waals surface area contributed by atoms with Crippen LogP contribution in [0, 0.1) is 6.92 Å². The van der Waals surface area contributed by atoms with Crippen LogP contribution >= 0.6 is 15.9 Å². The van der Waals surface area contributed by atoms with Crippen molar-refractivity contribution in [2.45, 2.75) is 26.7 Å². The molecule has 0 bridgehead atoms. The highest BCUT2D eigenvalue weighted by atomic mass is 79.9. The SMILES string of the molecule is C=C(C)CCC(=O)c1cccc(Br)c1C. The summed E-state index contributed by atoms with van der Waals surface area (Å²) in [7, 11) is 0. The van der Waals surface area contributed by atoms with Crippen LogP contribution in [-0.2, 0) is 0 Å². The molecule has 0 aliphatic rings. The maximum atomic E-state index is 11.9. The van der Waals surface area contributed by atoms with E-state index in [1.165, 1.54) is 0 Å². The third-order valence-electron chi connectivity index (χ3n) is 2.35. The predicted molar refractivity (Wildman–Crippen MR) is 67.3 cm³/mol. The normalized spacial score (nSPS) is 10.1. The Morgan fingerprint density at radius 1 is 1.40 bits per heavy atom. The van der Waals surface area contributed by atoms with Crippen molar-refractivity contribution in [3.05, 3.63) is 46.0 Å². The lowest BCUT2D eigenvalue weighted by Gasteiger charge is -2.06. The fourth-order valence-electron chi connectivity index (χ4n) is 1.37. The number of ketones is 1. The highest BCUT2D eigenvalue weighted by Crippen LogP contribution is 2.21. The second-order valence-corrected chi connectivity index (χ2v) is 4.65. The Morgan fingerprint density at radius 2 is 2.07 bits per heavy atom. The highest BCUT2D eigenvalue weighted by molar-refractivity contribution is 9.10. The van der Waals surface area contributed by atoms with Crippen molar-refractivity contribution >= 4 is 21.7 Å². The van der Waals surface area contributed by atoms with Gasteiger partial charge in [0.2, 0.25) is 0 Å². The fourth-order valence-corrected chi connectivity index (χ4v) is 1.74. The number of rotatable bonds is 4. The smallest absolute Gasteiger partial charge is 0.163 e. The molecule has 0 saturated heterocycles. The number of allylic oxidation sites excluding steroid dienone is 1. The van der Waals surface area contributed by atoms with E-state index in [1.54, 1.807) is 0 Å². The minimum atomic E-state index is 0.191. The van der Waals surface area contributed by atoms with E-state index < -0.39 is 0 Å². The molecular weight excluding hydrogens is 252 g/mol. The van der Waals surface area contributed by atoms with E-state index in [0.717, 1.165) is 27.6 Å². The number of Topliss-reactive ketones (excluding diaryl/α,β-unsaturated/α-hetero) is 1. The Kier molecular flexibility index (Phi) is 4.28. The van der Waals surface area contributed by atoms with Crippen LogP contribution in [0.4, 0.5) is 0 Å². The van der Waals surface area contributed by atoms with Crippen molar-refractivity contribution in [3.8, 4) is 0 Å². The molecule has 2 heteroatoms. The summed E-state index contributed by atoms with van der Waals surface area (Å²) in [4.78, 5) is 11.9. The number of benzene rings is 1. The van der Waals surface area contributed by atoms with Crippen LogP contribution in [0.2, 0.25) is 0 Å². The van der Waals surface area contributed by atoms with Gasteiger partial charge in [0, 0.05) is 16.5 Å². The Hall–Kier alpha value is -0.890. The second-order valence-electron chi connectivity index (χ2n) is 3.79. The van der Waals surface area contributed by atoms with Crippen LogP contribution in [0.3, 0.4) is 0 Å². The van der Waals surface area contributed by atoms with Gasteiger partial charge in [0.05, 0.1) is 0 Å². The number of hydrogen-bond acceptors (Lipinski definition) is 1. The van der Waals surface area contributed by atoms with Crippen LogP contribution in [0.1, 0.15) is 35.7 Å². The fraction of sp³-hybridized carbons (Fsp3) is 0.308. The Bertz CT molecular complexity index is 394. The van der Waals surface area contributed by atoms with E-state index in [4.69, 9.17) is 0 Å². The van der Waals surface area contributed by atoms with E-state index in [2.05, 4.69) is 22.5 Å².